The van der Waals surface area contributed by atoms with Crippen LogP contribution in [0, 0.1) is 0 Å². The molecule has 4 heteroatoms. The average Bonchev–Trinajstić information content (AvgIpc) is 2.84. The molecule has 0 unspecified atom stereocenters. The summed E-state index contributed by atoms with van der Waals surface area (Å²) in [5.74, 6) is 1.15. The van der Waals surface area contributed by atoms with E-state index in [-0.39, 0.29) is 0 Å². The van der Waals surface area contributed by atoms with Crippen LogP contribution in [0.5, 0.6) is 5.75 Å². The van der Waals surface area contributed by atoms with Crippen molar-refractivity contribution >= 4 is 5.82 Å². The van der Waals surface area contributed by atoms with Crippen LogP contribution in [0.3, 0.4) is 0 Å². The number of phenols is 1. The van der Waals surface area contributed by atoms with Gasteiger partial charge in [-0.2, -0.15) is 5.10 Å². The lowest BCUT2D eigenvalue weighted by atomic mass is 10.2. The normalized spacial score (nSPS) is 12.3. The number of nitrogens with one attached hydrogen (secondary N) is 1. The van der Waals surface area contributed by atoms with Gasteiger partial charge in [0.1, 0.15) is 11.6 Å². The van der Waals surface area contributed by atoms with Gasteiger partial charge in [0.15, 0.2) is 0 Å². The highest BCUT2D eigenvalue weighted by atomic mass is 16.3. The molecule has 0 amide bonds. The monoisotopic (exact) mass is 245 g/mol. The van der Waals surface area contributed by atoms with E-state index in [0.29, 0.717) is 18.3 Å². The molecule has 0 aliphatic heterocycles. The summed E-state index contributed by atoms with van der Waals surface area (Å²) in [4.78, 5) is 0. The molecule has 1 aromatic carbocycles. The fraction of sp³-hybridized carbons (Fsp3) is 0.357. The first kappa shape index (κ1) is 12.5. The van der Waals surface area contributed by atoms with Crippen LogP contribution in [-0.4, -0.2) is 14.9 Å². The Hall–Kier alpha value is -1.97. The minimum Gasteiger partial charge on any atom is -0.508 e. The number of aromatic nitrogens is 2. The first-order chi connectivity index (χ1) is 8.69. The predicted molar refractivity (Wildman–Crippen MR) is 72.7 cm³/mol. The van der Waals surface area contributed by atoms with Gasteiger partial charge in [-0.25, -0.2) is 0 Å². The molecule has 2 rings (SSSR count). The lowest BCUT2D eigenvalue weighted by molar-refractivity contribution is 0.474. The molecule has 0 fully saturated rings. The molecule has 0 saturated carbocycles. The molecule has 0 radical (unpaired) electrons. The van der Waals surface area contributed by atoms with E-state index in [0.717, 1.165) is 17.8 Å². The van der Waals surface area contributed by atoms with Gasteiger partial charge >= 0.3 is 0 Å². The van der Waals surface area contributed by atoms with E-state index in [4.69, 9.17) is 0 Å². The van der Waals surface area contributed by atoms with Gasteiger partial charge in [-0.15, -0.1) is 0 Å². The van der Waals surface area contributed by atoms with E-state index in [1.165, 1.54) is 0 Å². The summed E-state index contributed by atoms with van der Waals surface area (Å²) in [6.45, 7) is 4.95. The molecule has 96 valence electrons. The fourth-order valence-electron chi connectivity index (χ4n) is 1.72. The van der Waals surface area contributed by atoms with Gasteiger partial charge in [0.05, 0.1) is 0 Å². The van der Waals surface area contributed by atoms with Crippen LogP contribution >= 0.6 is 0 Å². The minimum atomic E-state index is 0.291. The fourth-order valence-corrected chi connectivity index (χ4v) is 1.72. The van der Waals surface area contributed by atoms with E-state index < -0.39 is 0 Å². The zero-order valence-electron chi connectivity index (χ0n) is 10.8. The highest BCUT2D eigenvalue weighted by Crippen LogP contribution is 2.14. The maximum Gasteiger partial charge on any atom is 0.148 e. The van der Waals surface area contributed by atoms with Crippen molar-refractivity contribution in [3.63, 3.8) is 0 Å². The highest BCUT2D eigenvalue weighted by Gasteiger charge is 2.04. The Morgan fingerprint density at radius 2 is 2.22 bits per heavy atom. The second kappa shape index (κ2) is 5.58. The molecule has 0 spiro atoms. The third kappa shape index (κ3) is 3.03. The number of anilines is 1. The molecule has 0 aliphatic carbocycles. The molecule has 0 bridgehead atoms. The van der Waals surface area contributed by atoms with E-state index in [1.807, 2.05) is 29.1 Å². The van der Waals surface area contributed by atoms with Crippen molar-refractivity contribution in [3.05, 3.63) is 42.1 Å². The van der Waals surface area contributed by atoms with Crippen LogP contribution in [0.15, 0.2) is 36.5 Å². The SMILES string of the molecule is CC[C@@H](C)n1ccc(NCc2cccc(O)c2)n1. The Morgan fingerprint density at radius 1 is 1.39 bits per heavy atom. The summed E-state index contributed by atoms with van der Waals surface area (Å²) in [5.41, 5.74) is 1.04. The van der Waals surface area contributed by atoms with E-state index in [1.54, 1.807) is 12.1 Å². The second-order valence-corrected chi connectivity index (χ2v) is 4.46. The molecule has 1 heterocycles. The molecule has 1 atom stereocenters. The first-order valence-corrected chi connectivity index (χ1v) is 6.26. The molecule has 2 N–H and O–H groups in total. The van der Waals surface area contributed by atoms with Crippen molar-refractivity contribution in [1.82, 2.24) is 9.78 Å². The Bertz CT molecular complexity index is 507. The minimum absolute atomic E-state index is 0.291. The molecular weight excluding hydrogens is 226 g/mol. The maximum atomic E-state index is 9.37. The van der Waals surface area contributed by atoms with Gasteiger partial charge in [0.25, 0.3) is 0 Å². The van der Waals surface area contributed by atoms with Crippen LogP contribution in [-0.2, 0) is 6.54 Å². The summed E-state index contributed by atoms with van der Waals surface area (Å²) in [7, 11) is 0. The lowest BCUT2D eigenvalue weighted by Gasteiger charge is -2.08. The van der Waals surface area contributed by atoms with Gasteiger partial charge in [-0.1, -0.05) is 19.1 Å². The Labute approximate surface area is 107 Å². The quantitative estimate of drug-likeness (QED) is 0.850. The zero-order valence-corrected chi connectivity index (χ0v) is 10.8. The molecule has 0 aliphatic rings. The Kier molecular flexibility index (Phi) is 3.87. The third-order valence-corrected chi connectivity index (χ3v) is 3.03. The highest BCUT2D eigenvalue weighted by molar-refractivity contribution is 5.35. The van der Waals surface area contributed by atoms with Crippen molar-refractivity contribution in [2.75, 3.05) is 5.32 Å². The molecule has 0 saturated heterocycles. The van der Waals surface area contributed by atoms with Crippen molar-refractivity contribution in [2.24, 2.45) is 0 Å². The topological polar surface area (TPSA) is 50.1 Å². The van der Waals surface area contributed by atoms with Gasteiger partial charge < -0.3 is 10.4 Å². The molecule has 18 heavy (non-hydrogen) atoms. The van der Waals surface area contributed by atoms with Gasteiger partial charge in [0.2, 0.25) is 0 Å². The summed E-state index contributed by atoms with van der Waals surface area (Å²) in [6, 6.07) is 9.61. The van der Waals surface area contributed by atoms with Crippen molar-refractivity contribution in [1.29, 1.82) is 0 Å². The van der Waals surface area contributed by atoms with E-state index in [9.17, 15) is 5.11 Å². The summed E-state index contributed by atoms with van der Waals surface area (Å²) < 4.78 is 1.96. The summed E-state index contributed by atoms with van der Waals surface area (Å²) in [6.07, 6.45) is 3.05. The van der Waals surface area contributed by atoms with Crippen LogP contribution in [0.25, 0.3) is 0 Å². The molecule has 1 aromatic heterocycles. The predicted octanol–water partition coefficient (Wildman–Crippen LogP) is 3.17. The van der Waals surface area contributed by atoms with Crippen LogP contribution in [0.2, 0.25) is 0 Å². The standard InChI is InChI=1S/C14H19N3O/c1-3-11(2)17-8-7-14(16-17)15-10-12-5-4-6-13(18)9-12/h4-9,11,18H,3,10H2,1-2H3,(H,15,16)/t11-/m1/s1. The second-order valence-electron chi connectivity index (χ2n) is 4.46. The van der Waals surface area contributed by atoms with Gasteiger partial charge in [-0.3, -0.25) is 4.68 Å². The van der Waals surface area contributed by atoms with Gasteiger partial charge in [0, 0.05) is 24.8 Å². The van der Waals surface area contributed by atoms with E-state index in [2.05, 4.69) is 24.3 Å². The molecular formula is C14H19N3O. The maximum absolute atomic E-state index is 9.37. The van der Waals surface area contributed by atoms with Gasteiger partial charge in [-0.05, 0) is 31.0 Å². The average molecular weight is 245 g/mol. The number of benzene rings is 1. The summed E-state index contributed by atoms with van der Waals surface area (Å²) in [5, 5.41) is 17.1. The van der Waals surface area contributed by atoms with Crippen LogP contribution in [0.1, 0.15) is 31.9 Å². The lowest BCUT2D eigenvalue weighted by Crippen LogP contribution is -2.06. The Morgan fingerprint density at radius 3 is 2.94 bits per heavy atom. The number of phenolic OH excluding ortho intramolecular Hbond substituents is 1. The van der Waals surface area contributed by atoms with Crippen molar-refractivity contribution in [3.8, 4) is 5.75 Å². The van der Waals surface area contributed by atoms with Crippen molar-refractivity contribution in [2.45, 2.75) is 32.9 Å². The number of hydrogen-bond donors (Lipinski definition) is 2. The number of aromatic hydroxyl groups is 1. The number of hydrogen-bond acceptors (Lipinski definition) is 3. The summed E-state index contributed by atoms with van der Waals surface area (Å²) >= 11 is 0. The largest absolute Gasteiger partial charge is 0.508 e. The number of nitrogens with zero attached hydrogens (tertiary/aromatic N) is 2. The van der Waals surface area contributed by atoms with E-state index >= 15 is 0 Å². The molecule has 4 nitrogen and oxygen atoms in total. The molecule has 2 aromatic rings. The Balaban J connectivity index is 1.96. The van der Waals surface area contributed by atoms with Crippen LogP contribution < -0.4 is 5.32 Å². The van der Waals surface area contributed by atoms with Crippen LogP contribution in [0.4, 0.5) is 5.82 Å². The third-order valence-electron chi connectivity index (χ3n) is 3.03. The first-order valence-electron chi connectivity index (χ1n) is 6.26. The smallest absolute Gasteiger partial charge is 0.148 e. The zero-order chi connectivity index (χ0) is 13.0. The number of rotatable bonds is 5. The van der Waals surface area contributed by atoms with Crippen molar-refractivity contribution < 1.29 is 5.11 Å².